The van der Waals surface area contributed by atoms with E-state index in [0.717, 1.165) is 12.5 Å². The van der Waals surface area contributed by atoms with Crippen LogP contribution in [0.15, 0.2) is 0 Å². The number of primary sulfonamides is 1. The molecule has 3 N–H and O–H groups in total. The van der Waals surface area contributed by atoms with Crippen molar-refractivity contribution in [1.82, 2.24) is 5.32 Å². The minimum absolute atomic E-state index is 0.0795. The summed E-state index contributed by atoms with van der Waals surface area (Å²) in [5, 5.41) is 8.24. The molecule has 1 fully saturated rings. The number of rotatable bonds is 7. The summed E-state index contributed by atoms with van der Waals surface area (Å²) in [5.74, 6) is 0.974. The zero-order chi connectivity index (χ0) is 11.3. The average Bonchev–Trinajstić information content (AvgIpc) is 2.04. The lowest BCUT2D eigenvalue weighted by Crippen LogP contribution is -2.32. The maximum Gasteiger partial charge on any atom is 0.209 e. The maximum absolute atomic E-state index is 10.7. The number of sulfonamides is 1. The molecule has 0 aliphatic heterocycles. The first-order valence-corrected chi connectivity index (χ1v) is 7.43. The van der Waals surface area contributed by atoms with Gasteiger partial charge in [-0.3, -0.25) is 0 Å². The molecule has 0 amide bonds. The van der Waals surface area contributed by atoms with Crippen molar-refractivity contribution in [2.24, 2.45) is 11.1 Å². The molecule has 0 aromatic heterocycles. The van der Waals surface area contributed by atoms with E-state index in [0.29, 0.717) is 12.5 Å². The minimum atomic E-state index is -3.28. The van der Waals surface area contributed by atoms with Gasteiger partial charge in [0.2, 0.25) is 10.0 Å². The molecule has 0 radical (unpaired) electrons. The van der Waals surface area contributed by atoms with Gasteiger partial charge in [-0.05, 0) is 32.2 Å². The fourth-order valence-electron chi connectivity index (χ4n) is 1.93. The summed E-state index contributed by atoms with van der Waals surface area (Å²) in [6.45, 7) is 2.90. The highest BCUT2D eigenvalue weighted by molar-refractivity contribution is 7.89. The summed E-state index contributed by atoms with van der Waals surface area (Å²) in [7, 11) is -3.28. The van der Waals surface area contributed by atoms with E-state index < -0.39 is 10.0 Å². The zero-order valence-electron chi connectivity index (χ0n) is 9.41. The normalized spacial score (nSPS) is 19.9. The van der Waals surface area contributed by atoms with Gasteiger partial charge in [0.1, 0.15) is 0 Å². The van der Waals surface area contributed by atoms with Crippen molar-refractivity contribution in [3.8, 4) is 0 Å². The predicted molar refractivity (Wildman–Crippen MR) is 62.0 cm³/mol. The Labute approximate surface area is 92.7 Å². The summed E-state index contributed by atoms with van der Waals surface area (Å²) in [5.41, 5.74) is 0. The van der Waals surface area contributed by atoms with Crippen LogP contribution in [0, 0.1) is 5.92 Å². The molecule has 1 rings (SSSR count). The molecular formula is C10H22N2O2S. The molecule has 4 nitrogen and oxygen atoms in total. The van der Waals surface area contributed by atoms with Crippen molar-refractivity contribution >= 4 is 10.0 Å². The molecule has 1 atom stereocenters. The second kappa shape index (κ2) is 5.82. The van der Waals surface area contributed by atoms with Crippen LogP contribution in [-0.4, -0.2) is 26.8 Å². The summed E-state index contributed by atoms with van der Waals surface area (Å²) in [6.07, 6.45) is 5.93. The molecule has 0 saturated heterocycles. The molecule has 1 aliphatic carbocycles. The topological polar surface area (TPSA) is 72.2 Å². The standard InChI is InChI=1S/C10H22N2O2S/c1-9(8-10-4-2-5-10)12-6-3-7-15(11,13)14/h9-10,12H,2-8H2,1H3,(H2,11,13,14). The molecular weight excluding hydrogens is 212 g/mol. The van der Waals surface area contributed by atoms with Crippen LogP contribution >= 0.6 is 0 Å². The first-order valence-electron chi connectivity index (χ1n) is 5.71. The molecule has 1 unspecified atom stereocenters. The highest BCUT2D eigenvalue weighted by Gasteiger charge is 2.19. The van der Waals surface area contributed by atoms with E-state index in [9.17, 15) is 8.42 Å². The predicted octanol–water partition coefficient (Wildman–Crippen LogP) is 0.833. The fraction of sp³-hybridized carbons (Fsp3) is 1.00. The lowest BCUT2D eigenvalue weighted by atomic mass is 9.81. The summed E-state index contributed by atoms with van der Waals surface area (Å²) in [4.78, 5) is 0. The van der Waals surface area contributed by atoms with Crippen LogP contribution < -0.4 is 10.5 Å². The molecule has 1 saturated carbocycles. The third kappa shape index (κ3) is 6.12. The number of nitrogens with one attached hydrogen (secondary N) is 1. The molecule has 15 heavy (non-hydrogen) atoms. The van der Waals surface area contributed by atoms with Crippen molar-refractivity contribution in [3.05, 3.63) is 0 Å². The Morgan fingerprint density at radius 2 is 2.13 bits per heavy atom. The Hall–Kier alpha value is -0.130. The fourth-order valence-corrected chi connectivity index (χ4v) is 2.48. The average molecular weight is 234 g/mol. The summed E-state index contributed by atoms with van der Waals surface area (Å²) >= 11 is 0. The van der Waals surface area contributed by atoms with E-state index in [-0.39, 0.29) is 5.75 Å². The second-order valence-electron chi connectivity index (χ2n) is 4.61. The van der Waals surface area contributed by atoms with Gasteiger partial charge >= 0.3 is 0 Å². The van der Waals surface area contributed by atoms with E-state index >= 15 is 0 Å². The van der Waals surface area contributed by atoms with Gasteiger partial charge in [0.15, 0.2) is 0 Å². The highest BCUT2D eigenvalue weighted by Crippen LogP contribution is 2.30. The third-order valence-electron chi connectivity index (χ3n) is 3.01. The maximum atomic E-state index is 10.7. The van der Waals surface area contributed by atoms with Crippen molar-refractivity contribution in [2.45, 2.75) is 45.1 Å². The summed E-state index contributed by atoms with van der Waals surface area (Å²) in [6, 6.07) is 0.496. The largest absolute Gasteiger partial charge is 0.314 e. The molecule has 0 aromatic carbocycles. The lowest BCUT2D eigenvalue weighted by molar-refractivity contribution is 0.266. The molecule has 0 heterocycles. The van der Waals surface area contributed by atoms with E-state index in [2.05, 4.69) is 12.2 Å². The van der Waals surface area contributed by atoms with Crippen LogP contribution in [-0.2, 0) is 10.0 Å². The van der Waals surface area contributed by atoms with Crippen LogP contribution in [0.5, 0.6) is 0 Å². The van der Waals surface area contributed by atoms with Crippen molar-refractivity contribution in [3.63, 3.8) is 0 Å². The Kier molecular flexibility index (Phi) is 5.02. The molecule has 0 aromatic rings. The first-order chi connectivity index (χ1) is 6.97. The zero-order valence-corrected chi connectivity index (χ0v) is 10.2. The molecule has 5 heteroatoms. The van der Waals surface area contributed by atoms with Gasteiger partial charge in [0.25, 0.3) is 0 Å². The number of hydrogen-bond acceptors (Lipinski definition) is 3. The van der Waals surface area contributed by atoms with E-state index in [1.807, 2.05) is 0 Å². The quantitative estimate of drug-likeness (QED) is 0.641. The van der Waals surface area contributed by atoms with Gasteiger partial charge in [0.05, 0.1) is 5.75 Å². The van der Waals surface area contributed by atoms with E-state index in [4.69, 9.17) is 5.14 Å². The van der Waals surface area contributed by atoms with Crippen LogP contribution in [0.2, 0.25) is 0 Å². The van der Waals surface area contributed by atoms with Crippen LogP contribution in [0.1, 0.15) is 39.0 Å². The van der Waals surface area contributed by atoms with Gasteiger partial charge in [-0.15, -0.1) is 0 Å². The molecule has 0 spiro atoms. The number of hydrogen-bond donors (Lipinski definition) is 2. The van der Waals surface area contributed by atoms with Gasteiger partial charge in [0, 0.05) is 6.04 Å². The first kappa shape index (κ1) is 12.9. The SMILES string of the molecule is CC(CC1CCC1)NCCCS(N)(=O)=O. The molecule has 90 valence electrons. The van der Waals surface area contributed by atoms with Crippen LogP contribution in [0.4, 0.5) is 0 Å². The molecule has 1 aliphatic rings. The smallest absolute Gasteiger partial charge is 0.209 e. The van der Waals surface area contributed by atoms with Gasteiger partial charge < -0.3 is 5.32 Å². The summed E-state index contributed by atoms with van der Waals surface area (Å²) < 4.78 is 21.3. The molecule has 0 bridgehead atoms. The lowest BCUT2D eigenvalue weighted by Gasteiger charge is -2.28. The monoisotopic (exact) mass is 234 g/mol. The van der Waals surface area contributed by atoms with Gasteiger partial charge in [-0.2, -0.15) is 0 Å². The Bertz CT molecular complexity index is 273. The van der Waals surface area contributed by atoms with E-state index in [1.54, 1.807) is 0 Å². The van der Waals surface area contributed by atoms with E-state index in [1.165, 1.54) is 25.7 Å². The highest BCUT2D eigenvalue weighted by atomic mass is 32.2. The Morgan fingerprint density at radius 3 is 2.60 bits per heavy atom. The minimum Gasteiger partial charge on any atom is -0.314 e. The van der Waals surface area contributed by atoms with Crippen LogP contribution in [0.25, 0.3) is 0 Å². The Balaban J connectivity index is 1.99. The van der Waals surface area contributed by atoms with Gasteiger partial charge in [-0.1, -0.05) is 19.3 Å². The van der Waals surface area contributed by atoms with Gasteiger partial charge in [-0.25, -0.2) is 13.6 Å². The van der Waals surface area contributed by atoms with Crippen molar-refractivity contribution in [2.75, 3.05) is 12.3 Å². The second-order valence-corrected chi connectivity index (χ2v) is 6.34. The third-order valence-corrected chi connectivity index (χ3v) is 3.87. The Morgan fingerprint density at radius 1 is 1.47 bits per heavy atom. The van der Waals surface area contributed by atoms with Crippen LogP contribution in [0.3, 0.4) is 0 Å². The van der Waals surface area contributed by atoms with Crippen molar-refractivity contribution < 1.29 is 8.42 Å². The van der Waals surface area contributed by atoms with Crippen molar-refractivity contribution in [1.29, 1.82) is 0 Å². The number of nitrogens with two attached hydrogens (primary N) is 1.